The highest BCUT2D eigenvalue weighted by molar-refractivity contribution is 7.09. The zero-order valence-electron chi connectivity index (χ0n) is 15.0. The van der Waals surface area contributed by atoms with Crippen molar-refractivity contribution in [3.8, 4) is 0 Å². The van der Waals surface area contributed by atoms with Crippen molar-refractivity contribution in [2.45, 2.75) is 12.6 Å². The minimum absolute atomic E-state index is 0.0927. The van der Waals surface area contributed by atoms with Gasteiger partial charge in [0.1, 0.15) is 5.82 Å². The second-order valence-electron chi connectivity index (χ2n) is 6.53. The number of thiophene rings is 1. The molecule has 4 rings (SSSR count). The number of nitrogens with zero attached hydrogens (tertiary/aromatic N) is 2. The SMILES string of the molecule is O=C(NCc1cccs1)c1ccc(N2CCN[C@@H](c3ccccc3)C2)nc1. The van der Waals surface area contributed by atoms with Gasteiger partial charge in [-0.1, -0.05) is 36.4 Å². The van der Waals surface area contributed by atoms with Crippen LogP contribution < -0.4 is 15.5 Å². The fourth-order valence-corrected chi connectivity index (χ4v) is 3.90. The van der Waals surface area contributed by atoms with Gasteiger partial charge < -0.3 is 15.5 Å². The zero-order valence-corrected chi connectivity index (χ0v) is 15.8. The number of nitrogens with one attached hydrogen (secondary N) is 2. The van der Waals surface area contributed by atoms with Gasteiger partial charge >= 0.3 is 0 Å². The Morgan fingerprint density at radius 2 is 2.07 bits per heavy atom. The van der Waals surface area contributed by atoms with Gasteiger partial charge in [-0.05, 0) is 29.1 Å². The van der Waals surface area contributed by atoms with Crippen LogP contribution in [0.5, 0.6) is 0 Å². The molecular formula is C21H22N4OS. The molecule has 1 aliphatic rings. The Balaban J connectivity index is 1.38. The first-order chi connectivity index (χ1) is 13.3. The summed E-state index contributed by atoms with van der Waals surface area (Å²) in [7, 11) is 0. The second-order valence-corrected chi connectivity index (χ2v) is 7.56. The van der Waals surface area contributed by atoms with Crippen molar-refractivity contribution in [3.05, 3.63) is 82.2 Å². The largest absolute Gasteiger partial charge is 0.353 e. The monoisotopic (exact) mass is 378 g/mol. The summed E-state index contributed by atoms with van der Waals surface area (Å²) in [5, 5.41) is 8.51. The lowest BCUT2D eigenvalue weighted by Gasteiger charge is -2.34. The van der Waals surface area contributed by atoms with Crippen LogP contribution in [0.1, 0.15) is 26.8 Å². The fraction of sp³-hybridized carbons (Fsp3) is 0.238. The maximum absolute atomic E-state index is 12.3. The highest BCUT2D eigenvalue weighted by atomic mass is 32.1. The van der Waals surface area contributed by atoms with Gasteiger partial charge in [0.2, 0.25) is 0 Å². The maximum Gasteiger partial charge on any atom is 0.253 e. The molecule has 1 saturated heterocycles. The molecule has 0 radical (unpaired) electrons. The number of benzene rings is 1. The van der Waals surface area contributed by atoms with Crippen LogP contribution in [0.4, 0.5) is 5.82 Å². The van der Waals surface area contributed by atoms with E-state index in [1.54, 1.807) is 17.5 Å². The normalized spacial score (nSPS) is 16.9. The topological polar surface area (TPSA) is 57.3 Å². The van der Waals surface area contributed by atoms with Crippen LogP contribution in [0.15, 0.2) is 66.2 Å². The Kier molecular flexibility index (Phi) is 5.46. The molecule has 1 aromatic carbocycles. The van der Waals surface area contributed by atoms with Gasteiger partial charge in [0, 0.05) is 36.8 Å². The molecule has 27 heavy (non-hydrogen) atoms. The second kappa shape index (κ2) is 8.33. The molecule has 1 atom stereocenters. The molecule has 2 N–H and O–H groups in total. The third-order valence-corrected chi connectivity index (χ3v) is 5.59. The van der Waals surface area contributed by atoms with Crippen molar-refractivity contribution >= 4 is 23.1 Å². The van der Waals surface area contributed by atoms with Gasteiger partial charge in [-0.3, -0.25) is 4.79 Å². The number of amides is 1. The van der Waals surface area contributed by atoms with E-state index < -0.39 is 0 Å². The molecule has 0 bridgehead atoms. The quantitative estimate of drug-likeness (QED) is 0.716. The Labute approximate surface area is 163 Å². The number of anilines is 1. The number of rotatable bonds is 5. The third-order valence-electron chi connectivity index (χ3n) is 4.71. The van der Waals surface area contributed by atoms with Crippen molar-refractivity contribution in [2.24, 2.45) is 0 Å². The van der Waals surface area contributed by atoms with Gasteiger partial charge in [0.25, 0.3) is 5.91 Å². The lowest BCUT2D eigenvalue weighted by molar-refractivity contribution is 0.0951. The first-order valence-corrected chi connectivity index (χ1v) is 9.97. The first kappa shape index (κ1) is 17.7. The van der Waals surface area contributed by atoms with Crippen LogP contribution in [0.25, 0.3) is 0 Å². The van der Waals surface area contributed by atoms with E-state index in [-0.39, 0.29) is 11.9 Å². The summed E-state index contributed by atoms with van der Waals surface area (Å²) in [6, 6.07) is 18.5. The number of aromatic nitrogens is 1. The molecule has 1 amide bonds. The van der Waals surface area contributed by atoms with Gasteiger partial charge in [-0.25, -0.2) is 4.98 Å². The Bertz CT molecular complexity index is 865. The number of piperazine rings is 1. The van der Waals surface area contributed by atoms with E-state index in [4.69, 9.17) is 0 Å². The van der Waals surface area contributed by atoms with E-state index in [0.29, 0.717) is 12.1 Å². The number of carbonyl (C=O) groups excluding carboxylic acids is 1. The Morgan fingerprint density at radius 1 is 1.19 bits per heavy atom. The molecule has 2 aromatic heterocycles. The molecule has 0 spiro atoms. The number of carbonyl (C=O) groups is 1. The summed E-state index contributed by atoms with van der Waals surface area (Å²) < 4.78 is 0. The van der Waals surface area contributed by atoms with E-state index in [9.17, 15) is 4.79 Å². The molecule has 0 saturated carbocycles. The molecule has 0 unspecified atom stereocenters. The molecule has 0 aliphatic carbocycles. The van der Waals surface area contributed by atoms with Crippen molar-refractivity contribution in [1.29, 1.82) is 0 Å². The van der Waals surface area contributed by atoms with Crippen LogP contribution in [-0.4, -0.2) is 30.5 Å². The Hall–Kier alpha value is -2.70. The van der Waals surface area contributed by atoms with E-state index in [2.05, 4.69) is 44.8 Å². The van der Waals surface area contributed by atoms with E-state index >= 15 is 0 Å². The predicted octanol–water partition coefficient (Wildman–Crippen LogP) is 3.22. The van der Waals surface area contributed by atoms with E-state index in [0.717, 1.165) is 30.3 Å². The summed E-state index contributed by atoms with van der Waals surface area (Å²) in [4.78, 5) is 20.2. The van der Waals surface area contributed by atoms with Gasteiger partial charge in [-0.15, -0.1) is 11.3 Å². The van der Waals surface area contributed by atoms with Gasteiger partial charge in [0.15, 0.2) is 0 Å². The number of hydrogen-bond acceptors (Lipinski definition) is 5. The molecule has 6 heteroatoms. The Morgan fingerprint density at radius 3 is 2.81 bits per heavy atom. The highest BCUT2D eigenvalue weighted by Gasteiger charge is 2.21. The van der Waals surface area contributed by atoms with Crippen LogP contribution in [0.2, 0.25) is 0 Å². The van der Waals surface area contributed by atoms with E-state index in [1.165, 1.54) is 5.56 Å². The summed E-state index contributed by atoms with van der Waals surface area (Å²) in [5.41, 5.74) is 1.87. The standard InChI is InChI=1S/C21H22N4OS/c26-21(24-14-18-7-4-12-27-18)17-8-9-20(23-13-17)25-11-10-22-19(15-25)16-5-2-1-3-6-16/h1-9,12-13,19,22H,10-11,14-15H2,(H,24,26)/t19-/m1/s1. The van der Waals surface area contributed by atoms with Crippen molar-refractivity contribution in [1.82, 2.24) is 15.6 Å². The molecule has 3 aromatic rings. The van der Waals surface area contributed by atoms with Crippen LogP contribution in [0.3, 0.4) is 0 Å². The zero-order chi connectivity index (χ0) is 18.5. The van der Waals surface area contributed by atoms with Crippen LogP contribution in [-0.2, 0) is 6.54 Å². The molecule has 5 nitrogen and oxygen atoms in total. The predicted molar refractivity (Wildman–Crippen MR) is 109 cm³/mol. The molecular weight excluding hydrogens is 356 g/mol. The molecule has 1 fully saturated rings. The smallest absolute Gasteiger partial charge is 0.253 e. The average Bonchev–Trinajstić information content (AvgIpc) is 3.27. The minimum atomic E-state index is -0.0927. The average molecular weight is 379 g/mol. The lowest BCUT2D eigenvalue weighted by atomic mass is 10.0. The fourth-order valence-electron chi connectivity index (χ4n) is 3.26. The summed E-state index contributed by atoms with van der Waals surface area (Å²) in [6.45, 7) is 3.22. The molecule has 1 aliphatic heterocycles. The van der Waals surface area contributed by atoms with Crippen molar-refractivity contribution in [2.75, 3.05) is 24.5 Å². The third kappa shape index (κ3) is 4.35. The molecule has 138 valence electrons. The van der Waals surface area contributed by atoms with Crippen LogP contribution in [0, 0.1) is 0 Å². The van der Waals surface area contributed by atoms with E-state index in [1.807, 2.05) is 35.7 Å². The van der Waals surface area contributed by atoms with Gasteiger partial charge in [-0.2, -0.15) is 0 Å². The minimum Gasteiger partial charge on any atom is -0.353 e. The summed E-state index contributed by atoms with van der Waals surface area (Å²) in [6.07, 6.45) is 1.67. The van der Waals surface area contributed by atoms with Crippen molar-refractivity contribution < 1.29 is 4.79 Å². The number of pyridine rings is 1. The summed E-state index contributed by atoms with van der Waals surface area (Å²) in [5.74, 6) is 0.817. The number of hydrogen-bond donors (Lipinski definition) is 2. The lowest BCUT2D eigenvalue weighted by Crippen LogP contribution is -2.46. The maximum atomic E-state index is 12.3. The first-order valence-electron chi connectivity index (χ1n) is 9.09. The van der Waals surface area contributed by atoms with Crippen LogP contribution >= 0.6 is 11.3 Å². The highest BCUT2D eigenvalue weighted by Crippen LogP contribution is 2.21. The van der Waals surface area contributed by atoms with Crippen molar-refractivity contribution in [3.63, 3.8) is 0 Å². The summed E-state index contributed by atoms with van der Waals surface area (Å²) >= 11 is 1.64. The molecule has 3 heterocycles. The van der Waals surface area contributed by atoms with Gasteiger partial charge in [0.05, 0.1) is 12.1 Å².